The highest BCUT2D eigenvalue weighted by atomic mass is 16.2. The summed E-state index contributed by atoms with van der Waals surface area (Å²) in [5.74, 6) is 3.30. The lowest BCUT2D eigenvalue weighted by atomic mass is 9.53. The topological polar surface area (TPSA) is 51.9 Å². The summed E-state index contributed by atoms with van der Waals surface area (Å²) in [6.07, 6.45) is 8.79. The Hall–Kier alpha value is -1.26. The molecule has 4 saturated carbocycles. The van der Waals surface area contributed by atoms with Gasteiger partial charge < -0.3 is 5.32 Å². The summed E-state index contributed by atoms with van der Waals surface area (Å²) < 4.78 is 3.55. The van der Waals surface area contributed by atoms with Gasteiger partial charge >= 0.3 is 5.69 Å². The molecule has 0 aliphatic heterocycles. The molecule has 0 amide bonds. The van der Waals surface area contributed by atoms with Gasteiger partial charge in [-0.05, 0) is 62.7 Å². The van der Waals surface area contributed by atoms with Crippen LogP contribution in [0.4, 0.5) is 5.95 Å². The quantitative estimate of drug-likeness (QED) is 0.926. The molecule has 0 radical (unpaired) electrons. The van der Waals surface area contributed by atoms with E-state index in [0.29, 0.717) is 0 Å². The van der Waals surface area contributed by atoms with Crippen LogP contribution < -0.4 is 11.0 Å². The molecule has 4 aliphatic carbocycles. The maximum absolute atomic E-state index is 12.7. The van der Waals surface area contributed by atoms with Gasteiger partial charge in [0.25, 0.3) is 0 Å². The fourth-order valence-corrected chi connectivity index (χ4v) is 5.58. The number of hydrogen-bond donors (Lipinski definition) is 1. The standard InChI is InChI=1S/C16H26N4O/c1-3-4-17-14-18-19(2)15(21)20(14)16-8-11-5-12(9-16)7-13(6-11)10-16/h11-13H,3-10H2,1-2H3,(H,17,18). The molecule has 4 fully saturated rings. The third-order valence-corrected chi connectivity index (χ3v) is 5.94. The van der Waals surface area contributed by atoms with Crippen LogP contribution in [0.5, 0.6) is 0 Å². The predicted octanol–water partition coefficient (Wildman–Crippen LogP) is 2.33. The maximum Gasteiger partial charge on any atom is 0.347 e. The van der Waals surface area contributed by atoms with Gasteiger partial charge in [0.2, 0.25) is 5.95 Å². The molecular formula is C16H26N4O. The first kappa shape index (κ1) is 13.4. The van der Waals surface area contributed by atoms with E-state index in [1.165, 1.54) is 43.2 Å². The van der Waals surface area contributed by atoms with Gasteiger partial charge in [-0.1, -0.05) is 6.92 Å². The summed E-state index contributed by atoms with van der Waals surface area (Å²) in [6, 6.07) is 0. The third-order valence-electron chi connectivity index (χ3n) is 5.94. The Morgan fingerprint density at radius 3 is 2.29 bits per heavy atom. The molecule has 21 heavy (non-hydrogen) atoms. The van der Waals surface area contributed by atoms with Gasteiger partial charge in [-0.25, -0.2) is 9.48 Å². The fourth-order valence-electron chi connectivity index (χ4n) is 5.58. The van der Waals surface area contributed by atoms with Crippen molar-refractivity contribution in [1.29, 1.82) is 0 Å². The normalized spacial score (nSPS) is 37.1. The van der Waals surface area contributed by atoms with Crippen LogP contribution in [0.1, 0.15) is 51.9 Å². The van der Waals surface area contributed by atoms with Crippen molar-refractivity contribution in [2.45, 2.75) is 57.4 Å². The van der Waals surface area contributed by atoms with Crippen LogP contribution >= 0.6 is 0 Å². The molecule has 4 aliphatic rings. The number of hydrogen-bond acceptors (Lipinski definition) is 3. The molecule has 1 aromatic heterocycles. The fraction of sp³-hybridized carbons (Fsp3) is 0.875. The van der Waals surface area contributed by atoms with Crippen molar-refractivity contribution in [3.63, 3.8) is 0 Å². The monoisotopic (exact) mass is 290 g/mol. The molecular weight excluding hydrogens is 264 g/mol. The van der Waals surface area contributed by atoms with E-state index in [9.17, 15) is 4.79 Å². The van der Waals surface area contributed by atoms with Crippen LogP contribution in [0.25, 0.3) is 0 Å². The number of nitrogens with zero attached hydrogens (tertiary/aromatic N) is 3. The van der Waals surface area contributed by atoms with Crippen molar-refractivity contribution < 1.29 is 0 Å². The van der Waals surface area contributed by atoms with Crippen LogP contribution in [-0.2, 0) is 12.6 Å². The minimum absolute atomic E-state index is 0.0518. The van der Waals surface area contributed by atoms with E-state index in [1.807, 2.05) is 4.57 Å². The molecule has 116 valence electrons. The molecule has 0 aromatic carbocycles. The minimum Gasteiger partial charge on any atom is -0.354 e. The molecule has 1 aromatic rings. The predicted molar refractivity (Wildman–Crippen MR) is 82.4 cm³/mol. The Bertz CT molecular complexity index is 565. The van der Waals surface area contributed by atoms with Gasteiger partial charge in [-0.3, -0.25) is 4.57 Å². The van der Waals surface area contributed by atoms with E-state index >= 15 is 0 Å². The summed E-state index contributed by atoms with van der Waals surface area (Å²) in [7, 11) is 1.77. The molecule has 4 bridgehead atoms. The second kappa shape index (κ2) is 4.62. The zero-order valence-corrected chi connectivity index (χ0v) is 13.1. The lowest BCUT2D eigenvalue weighted by Crippen LogP contribution is -2.54. The maximum atomic E-state index is 12.7. The Balaban J connectivity index is 1.77. The van der Waals surface area contributed by atoms with Gasteiger partial charge in [0.05, 0.1) is 5.54 Å². The van der Waals surface area contributed by atoms with Crippen LogP contribution in [0.2, 0.25) is 0 Å². The minimum atomic E-state index is 0.0518. The van der Waals surface area contributed by atoms with E-state index in [2.05, 4.69) is 17.3 Å². The van der Waals surface area contributed by atoms with Crippen LogP contribution in [-0.4, -0.2) is 20.9 Å². The Morgan fingerprint density at radius 1 is 1.19 bits per heavy atom. The molecule has 0 spiro atoms. The van der Waals surface area contributed by atoms with E-state index in [4.69, 9.17) is 0 Å². The first-order valence-corrected chi connectivity index (χ1v) is 8.51. The molecule has 0 atom stereocenters. The van der Waals surface area contributed by atoms with Crippen molar-refractivity contribution in [3.8, 4) is 0 Å². The second-order valence-corrected chi connectivity index (χ2v) is 7.63. The van der Waals surface area contributed by atoms with Gasteiger partial charge in [-0.2, -0.15) is 0 Å². The average molecular weight is 290 g/mol. The van der Waals surface area contributed by atoms with Gasteiger partial charge in [-0.15, -0.1) is 5.10 Å². The largest absolute Gasteiger partial charge is 0.354 e. The van der Waals surface area contributed by atoms with Crippen LogP contribution in [0.3, 0.4) is 0 Å². The average Bonchev–Trinajstić information content (AvgIpc) is 2.71. The first-order chi connectivity index (χ1) is 10.1. The highest BCUT2D eigenvalue weighted by Gasteiger charge is 2.53. The summed E-state index contributed by atoms with van der Waals surface area (Å²) in [6.45, 7) is 3.02. The lowest BCUT2D eigenvalue weighted by Gasteiger charge is -2.56. The SMILES string of the molecule is CCCNc1nn(C)c(=O)n1C12CC3CC(CC(C3)C1)C2. The Kier molecular flexibility index (Phi) is 2.95. The van der Waals surface area contributed by atoms with E-state index in [0.717, 1.165) is 36.7 Å². The van der Waals surface area contributed by atoms with Crippen LogP contribution in [0, 0.1) is 17.8 Å². The molecule has 5 heteroatoms. The number of anilines is 1. The van der Waals surface area contributed by atoms with Crippen molar-refractivity contribution in [3.05, 3.63) is 10.5 Å². The van der Waals surface area contributed by atoms with E-state index < -0.39 is 0 Å². The zero-order chi connectivity index (χ0) is 14.6. The molecule has 0 unspecified atom stereocenters. The van der Waals surface area contributed by atoms with Crippen LogP contribution in [0.15, 0.2) is 4.79 Å². The molecule has 5 rings (SSSR count). The summed E-state index contributed by atoms with van der Waals surface area (Å²) in [5.41, 5.74) is 0.117. The second-order valence-electron chi connectivity index (χ2n) is 7.63. The van der Waals surface area contributed by atoms with E-state index in [1.54, 1.807) is 7.05 Å². The number of aryl methyl sites for hydroxylation is 1. The number of aromatic nitrogens is 3. The molecule has 1 heterocycles. The number of rotatable bonds is 4. The summed E-state index contributed by atoms with van der Waals surface area (Å²) >= 11 is 0. The molecule has 5 nitrogen and oxygen atoms in total. The van der Waals surface area contributed by atoms with Crippen molar-refractivity contribution in [1.82, 2.24) is 14.3 Å². The van der Waals surface area contributed by atoms with Gasteiger partial charge in [0.15, 0.2) is 0 Å². The summed E-state index contributed by atoms with van der Waals surface area (Å²) in [4.78, 5) is 12.7. The highest BCUT2D eigenvalue weighted by molar-refractivity contribution is 5.27. The third kappa shape index (κ3) is 1.96. The van der Waals surface area contributed by atoms with Crippen molar-refractivity contribution in [2.75, 3.05) is 11.9 Å². The smallest absolute Gasteiger partial charge is 0.347 e. The van der Waals surface area contributed by atoms with Gasteiger partial charge in [0.1, 0.15) is 0 Å². The Labute approximate surface area is 125 Å². The first-order valence-electron chi connectivity index (χ1n) is 8.51. The van der Waals surface area contributed by atoms with Crippen molar-refractivity contribution in [2.24, 2.45) is 24.8 Å². The van der Waals surface area contributed by atoms with Crippen molar-refractivity contribution >= 4 is 5.95 Å². The Morgan fingerprint density at radius 2 is 1.76 bits per heavy atom. The van der Waals surface area contributed by atoms with Gasteiger partial charge in [0, 0.05) is 13.6 Å². The molecule has 0 saturated heterocycles. The highest BCUT2D eigenvalue weighted by Crippen LogP contribution is 2.58. The molecule has 1 N–H and O–H groups in total. The van der Waals surface area contributed by atoms with E-state index in [-0.39, 0.29) is 11.2 Å². The number of nitrogens with one attached hydrogen (secondary N) is 1. The lowest BCUT2D eigenvalue weighted by molar-refractivity contribution is -0.0439. The zero-order valence-electron chi connectivity index (χ0n) is 13.1. The summed E-state index contributed by atoms with van der Waals surface area (Å²) in [5, 5.41) is 7.84.